The van der Waals surface area contributed by atoms with E-state index in [1.807, 2.05) is 0 Å². The van der Waals surface area contributed by atoms with Crippen molar-refractivity contribution in [3.05, 3.63) is 58.6 Å². The summed E-state index contributed by atoms with van der Waals surface area (Å²) in [6.45, 7) is 0. The topological polar surface area (TPSA) is 35.2 Å². The Balaban J connectivity index is 2.34. The third-order valence-corrected chi connectivity index (χ3v) is 2.88. The second-order valence-corrected chi connectivity index (χ2v) is 4.51. The molecule has 0 aliphatic rings. The molecular formula is C13H8ClF2NOS. The van der Waals surface area contributed by atoms with Crippen molar-refractivity contribution < 1.29 is 13.5 Å². The highest BCUT2D eigenvalue weighted by Gasteiger charge is 2.12. The molecule has 2 N–H and O–H groups in total. The second-order valence-electron chi connectivity index (χ2n) is 3.66. The van der Waals surface area contributed by atoms with Gasteiger partial charge in [0.25, 0.3) is 0 Å². The molecule has 98 valence electrons. The number of ether oxygens (including phenoxy) is 1. The molecule has 0 fully saturated rings. The molecule has 6 heteroatoms. The monoisotopic (exact) mass is 299 g/mol. The first kappa shape index (κ1) is 13.7. The second kappa shape index (κ2) is 5.50. The molecular weight excluding hydrogens is 292 g/mol. The first-order chi connectivity index (χ1) is 8.99. The van der Waals surface area contributed by atoms with Gasteiger partial charge in [0.15, 0.2) is 23.1 Å². The summed E-state index contributed by atoms with van der Waals surface area (Å²) in [5.41, 5.74) is 5.74. The number of rotatable bonds is 3. The van der Waals surface area contributed by atoms with Crippen LogP contribution >= 0.6 is 23.8 Å². The van der Waals surface area contributed by atoms with Crippen molar-refractivity contribution >= 4 is 28.8 Å². The molecule has 2 aromatic rings. The maximum absolute atomic E-state index is 13.7. The molecule has 0 unspecified atom stereocenters. The highest BCUT2D eigenvalue weighted by molar-refractivity contribution is 7.80. The molecule has 0 radical (unpaired) electrons. The van der Waals surface area contributed by atoms with E-state index in [2.05, 4.69) is 0 Å². The quantitative estimate of drug-likeness (QED) is 0.869. The number of nitrogens with two attached hydrogens (primary N) is 1. The molecule has 0 saturated heterocycles. The van der Waals surface area contributed by atoms with E-state index >= 15 is 0 Å². The van der Waals surface area contributed by atoms with Gasteiger partial charge in [0.2, 0.25) is 0 Å². The van der Waals surface area contributed by atoms with Crippen molar-refractivity contribution in [3.8, 4) is 11.5 Å². The van der Waals surface area contributed by atoms with Gasteiger partial charge in [0.1, 0.15) is 4.99 Å². The number of benzene rings is 2. The fraction of sp³-hybridized carbons (Fsp3) is 0. The van der Waals surface area contributed by atoms with Gasteiger partial charge in [-0.15, -0.1) is 0 Å². The molecule has 0 aliphatic carbocycles. The van der Waals surface area contributed by atoms with Crippen molar-refractivity contribution in [1.82, 2.24) is 0 Å². The zero-order chi connectivity index (χ0) is 14.0. The molecule has 0 amide bonds. The van der Waals surface area contributed by atoms with Gasteiger partial charge in [-0.05, 0) is 30.3 Å². The third kappa shape index (κ3) is 3.00. The van der Waals surface area contributed by atoms with Crippen LogP contribution < -0.4 is 10.5 Å². The first-order valence-corrected chi connectivity index (χ1v) is 5.99. The minimum atomic E-state index is -0.748. The summed E-state index contributed by atoms with van der Waals surface area (Å²) in [6.07, 6.45) is 0. The Morgan fingerprint density at radius 3 is 2.53 bits per heavy atom. The Morgan fingerprint density at radius 1 is 1.16 bits per heavy atom. The molecule has 2 aromatic carbocycles. The highest BCUT2D eigenvalue weighted by atomic mass is 35.5. The van der Waals surface area contributed by atoms with Crippen LogP contribution in [0.15, 0.2) is 36.4 Å². The van der Waals surface area contributed by atoms with E-state index < -0.39 is 11.6 Å². The number of hydrogen-bond donors (Lipinski definition) is 1. The fourth-order valence-corrected chi connectivity index (χ4v) is 1.71. The number of hydrogen-bond acceptors (Lipinski definition) is 2. The van der Waals surface area contributed by atoms with Crippen molar-refractivity contribution in [2.45, 2.75) is 0 Å². The maximum atomic E-state index is 13.7. The van der Waals surface area contributed by atoms with Crippen LogP contribution in [0.2, 0.25) is 5.02 Å². The van der Waals surface area contributed by atoms with Crippen molar-refractivity contribution in [3.63, 3.8) is 0 Å². The van der Waals surface area contributed by atoms with Crippen LogP contribution in [-0.4, -0.2) is 4.99 Å². The summed E-state index contributed by atoms with van der Waals surface area (Å²) in [5.74, 6) is -1.73. The fourth-order valence-electron chi connectivity index (χ4n) is 1.42. The van der Waals surface area contributed by atoms with E-state index in [0.29, 0.717) is 5.56 Å². The first-order valence-electron chi connectivity index (χ1n) is 5.20. The van der Waals surface area contributed by atoms with E-state index in [-0.39, 0.29) is 21.5 Å². The average molecular weight is 300 g/mol. The molecule has 0 atom stereocenters. The van der Waals surface area contributed by atoms with Gasteiger partial charge in [-0.2, -0.15) is 0 Å². The molecule has 0 aliphatic heterocycles. The van der Waals surface area contributed by atoms with Gasteiger partial charge >= 0.3 is 0 Å². The Morgan fingerprint density at radius 2 is 1.89 bits per heavy atom. The Bertz CT molecular complexity index is 649. The van der Waals surface area contributed by atoms with Gasteiger partial charge in [-0.25, -0.2) is 8.78 Å². The molecule has 0 saturated carbocycles. The predicted octanol–water partition coefficient (Wildman–Crippen LogP) is 4.04. The van der Waals surface area contributed by atoms with Crippen LogP contribution in [0.25, 0.3) is 0 Å². The summed E-state index contributed by atoms with van der Waals surface area (Å²) in [7, 11) is 0. The molecule has 2 nitrogen and oxygen atoms in total. The average Bonchev–Trinajstić information content (AvgIpc) is 2.37. The summed E-state index contributed by atoms with van der Waals surface area (Å²) in [6, 6.07) is 8.16. The van der Waals surface area contributed by atoms with Gasteiger partial charge in [0.05, 0.1) is 5.02 Å². The summed E-state index contributed by atoms with van der Waals surface area (Å²) in [5, 5.41) is -0.0994. The normalized spacial score (nSPS) is 10.3. The largest absolute Gasteiger partial charge is 0.451 e. The maximum Gasteiger partial charge on any atom is 0.184 e. The van der Waals surface area contributed by atoms with E-state index in [1.165, 1.54) is 30.3 Å². The number of halogens is 3. The van der Waals surface area contributed by atoms with Crippen LogP contribution in [0.1, 0.15) is 5.56 Å². The van der Waals surface area contributed by atoms with Gasteiger partial charge < -0.3 is 10.5 Å². The lowest BCUT2D eigenvalue weighted by molar-refractivity contribution is 0.415. The van der Waals surface area contributed by atoms with Crippen molar-refractivity contribution in [2.24, 2.45) is 5.73 Å². The van der Waals surface area contributed by atoms with Crippen LogP contribution in [0.4, 0.5) is 8.78 Å². The number of thiocarbonyl (C=S) groups is 1. The minimum Gasteiger partial charge on any atom is -0.451 e. The summed E-state index contributed by atoms with van der Waals surface area (Å²) >= 11 is 10.3. The zero-order valence-corrected chi connectivity index (χ0v) is 11.1. The van der Waals surface area contributed by atoms with Crippen LogP contribution in [-0.2, 0) is 0 Å². The molecule has 0 aromatic heterocycles. The van der Waals surface area contributed by atoms with E-state index in [4.69, 9.17) is 34.3 Å². The third-order valence-electron chi connectivity index (χ3n) is 2.35. The van der Waals surface area contributed by atoms with Crippen molar-refractivity contribution in [1.29, 1.82) is 0 Å². The molecule has 0 bridgehead atoms. The van der Waals surface area contributed by atoms with Gasteiger partial charge in [-0.3, -0.25) is 0 Å². The Kier molecular flexibility index (Phi) is 3.97. The minimum absolute atomic E-state index is 0.0689. The van der Waals surface area contributed by atoms with E-state index in [0.717, 1.165) is 6.07 Å². The molecule has 2 rings (SSSR count). The van der Waals surface area contributed by atoms with Gasteiger partial charge in [-0.1, -0.05) is 29.9 Å². The lowest BCUT2D eigenvalue weighted by Gasteiger charge is -2.09. The lowest BCUT2D eigenvalue weighted by Crippen LogP contribution is -2.09. The highest BCUT2D eigenvalue weighted by Crippen LogP contribution is 2.30. The smallest absolute Gasteiger partial charge is 0.184 e. The molecule has 0 heterocycles. The zero-order valence-electron chi connectivity index (χ0n) is 9.49. The standard InChI is InChI=1S/C13H8ClF2NOS/c14-8-2-1-3-11(12(8)16)18-10-5-4-7(13(17)19)6-9(10)15/h1-6H,(H2,17,19). The molecule has 0 spiro atoms. The predicted molar refractivity (Wildman–Crippen MR) is 73.8 cm³/mol. The van der Waals surface area contributed by atoms with E-state index in [9.17, 15) is 8.78 Å². The van der Waals surface area contributed by atoms with Gasteiger partial charge in [0, 0.05) is 5.56 Å². The van der Waals surface area contributed by atoms with Crippen molar-refractivity contribution in [2.75, 3.05) is 0 Å². The van der Waals surface area contributed by atoms with Crippen LogP contribution in [0.3, 0.4) is 0 Å². The summed E-state index contributed by atoms with van der Waals surface area (Å²) < 4.78 is 32.5. The Hall–Kier alpha value is -1.72. The summed E-state index contributed by atoms with van der Waals surface area (Å²) in [4.78, 5) is 0.0689. The van der Waals surface area contributed by atoms with Crippen LogP contribution in [0.5, 0.6) is 11.5 Å². The molecule has 19 heavy (non-hydrogen) atoms. The lowest BCUT2D eigenvalue weighted by atomic mass is 10.2. The Labute approximate surface area is 118 Å². The SMILES string of the molecule is NC(=S)c1ccc(Oc2cccc(Cl)c2F)c(F)c1. The van der Waals surface area contributed by atoms with Crippen LogP contribution in [0, 0.1) is 11.6 Å². The van der Waals surface area contributed by atoms with E-state index in [1.54, 1.807) is 0 Å².